The molecule has 0 amide bonds. The smallest absolute Gasteiger partial charge is 0.341 e. The summed E-state index contributed by atoms with van der Waals surface area (Å²) in [5, 5.41) is 8.91. The summed E-state index contributed by atoms with van der Waals surface area (Å²) in [7, 11) is 1.26. The third kappa shape index (κ3) is 1.90. The fraction of sp³-hybridized carbons (Fsp3) is 0.200. The number of aliphatic hydroxyl groups is 1. The van der Waals surface area contributed by atoms with Crippen molar-refractivity contribution in [1.82, 2.24) is 4.98 Å². The number of hydrogen-bond acceptors (Lipinski definition) is 4. The number of carbonyl (C=O) groups is 1. The van der Waals surface area contributed by atoms with Crippen LogP contribution in [0.5, 0.6) is 0 Å². The van der Waals surface area contributed by atoms with Gasteiger partial charge in [-0.15, -0.1) is 0 Å². The first-order chi connectivity index (χ1) is 6.70. The molecule has 1 rings (SSSR count). The van der Waals surface area contributed by atoms with Crippen molar-refractivity contribution in [2.45, 2.75) is 6.92 Å². The summed E-state index contributed by atoms with van der Waals surface area (Å²) < 4.78 is 4.52. The molecule has 0 fully saturated rings. The molecule has 0 aliphatic rings. The van der Waals surface area contributed by atoms with Gasteiger partial charge in [0, 0.05) is 17.5 Å². The average Bonchev–Trinajstić information content (AvgIpc) is 2.21. The third-order valence-corrected chi connectivity index (χ3v) is 1.83. The quantitative estimate of drug-likeness (QED) is 0.439. The maximum Gasteiger partial charge on any atom is 0.341 e. The highest BCUT2D eigenvalue weighted by Gasteiger charge is 2.14. The van der Waals surface area contributed by atoms with E-state index >= 15 is 0 Å². The van der Waals surface area contributed by atoms with E-state index in [1.165, 1.54) is 7.11 Å². The SMILES string of the molecule is COC(=O)C(=CO)c1cccnc1C. The number of methoxy groups -OCH3 is 1. The molecule has 0 unspecified atom stereocenters. The van der Waals surface area contributed by atoms with Crippen LogP contribution in [0.3, 0.4) is 0 Å². The molecule has 4 nitrogen and oxygen atoms in total. The van der Waals surface area contributed by atoms with E-state index in [-0.39, 0.29) is 5.57 Å². The Balaban J connectivity index is 3.15. The van der Waals surface area contributed by atoms with Gasteiger partial charge in [0.15, 0.2) is 0 Å². The molecule has 0 saturated carbocycles. The van der Waals surface area contributed by atoms with Crippen LogP contribution in [-0.4, -0.2) is 23.2 Å². The van der Waals surface area contributed by atoms with Crippen LogP contribution in [0.4, 0.5) is 0 Å². The molecule has 1 N–H and O–H groups in total. The second-order valence-corrected chi connectivity index (χ2v) is 2.67. The van der Waals surface area contributed by atoms with Crippen LogP contribution in [0.2, 0.25) is 0 Å². The maximum absolute atomic E-state index is 11.2. The molecule has 1 aromatic rings. The average molecular weight is 193 g/mol. The molecular formula is C10H11NO3. The zero-order chi connectivity index (χ0) is 10.6. The Labute approximate surface area is 81.9 Å². The Bertz CT molecular complexity index is 371. The van der Waals surface area contributed by atoms with Crippen LogP contribution < -0.4 is 0 Å². The minimum Gasteiger partial charge on any atom is -0.515 e. The van der Waals surface area contributed by atoms with Crippen molar-refractivity contribution in [2.75, 3.05) is 7.11 Å². The zero-order valence-electron chi connectivity index (χ0n) is 8.02. The fourth-order valence-corrected chi connectivity index (χ4v) is 1.11. The zero-order valence-corrected chi connectivity index (χ0v) is 8.02. The van der Waals surface area contributed by atoms with Crippen molar-refractivity contribution in [1.29, 1.82) is 0 Å². The molecule has 0 saturated heterocycles. The highest BCUT2D eigenvalue weighted by atomic mass is 16.5. The lowest BCUT2D eigenvalue weighted by molar-refractivity contribution is -0.133. The van der Waals surface area contributed by atoms with Crippen molar-refractivity contribution >= 4 is 11.5 Å². The Kier molecular flexibility index (Phi) is 3.23. The van der Waals surface area contributed by atoms with Gasteiger partial charge in [0.25, 0.3) is 0 Å². The van der Waals surface area contributed by atoms with Gasteiger partial charge in [0.2, 0.25) is 0 Å². The van der Waals surface area contributed by atoms with Crippen molar-refractivity contribution in [3.05, 3.63) is 35.8 Å². The van der Waals surface area contributed by atoms with Crippen LogP contribution in [0.25, 0.3) is 5.57 Å². The number of rotatable bonds is 2. The molecule has 0 bridgehead atoms. The number of ether oxygens (including phenoxy) is 1. The van der Waals surface area contributed by atoms with Gasteiger partial charge in [-0.1, -0.05) is 6.07 Å². The van der Waals surface area contributed by atoms with Crippen LogP contribution >= 0.6 is 0 Å². The Morgan fingerprint density at radius 2 is 2.36 bits per heavy atom. The highest BCUT2D eigenvalue weighted by Crippen LogP contribution is 2.17. The summed E-state index contributed by atoms with van der Waals surface area (Å²) in [6.07, 6.45) is 2.35. The van der Waals surface area contributed by atoms with E-state index in [9.17, 15) is 4.79 Å². The van der Waals surface area contributed by atoms with E-state index < -0.39 is 5.97 Å². The Morgan fingerprint density at radius 3 is 2.86 bits per heavy atom. The van der Waals surface area contributed by atoms with E-state index in [0.29, 0.717) is 11.3 Å². The van der Waals surface area contributed by atoms with Crippen LogP contribution in [0.15, 0.2) is 24.6 Å². The normalized spacial score (nSPS) is 11.1. The van der Waals surface area contributed by atoms with Crippen molar-refractivity contribution in [3.63, 3.8) is 0 Å². The number of pyridine rings is 1. The standard InChI is InChI=1S/C10H11NO3/c1-7-8(4-3-5-11-7)9(6-12)10(13)14-2/h3-6,12H,1-2H3. The van der Waals surface area contributed by atoms with E-state index in [4.69, 9.17) is 5.11 Å². The number of aryl methyl sites for hydroxylation is 1. The first-order valence-corrected chi connectivity index (χ1v) is 4.05. The van der Waals surface area contributed by atoms with Gasteiger partial charge >= 0.3 is 5.97 Å². The molecule has 0 aliphatic carbocycles. The molecule has 0 spiro atoms. The van der Waals surface area contributed by atoms with Crippen molar-refractivity contribution in [2.24, 2.45) is 0 Å². The summed E-state index contributed by atoms with van der Waals surface area (Å²) in [5.41, 5.74) is 1.35. The van der Waals surface area contributed by atoms with Crippen LogP contribution in [0.1, 0.15) is 11.3 Å². The van der Waals surface area contributed by atoms with Gasteiger partial charge in [0.05, 0.1) is 13.4 Å². The number of aromatic nitrogens is 1. The highest BCUT2D eigenvalue weighted by molar-refractivity contribution is 6.16. The lowest BCUT2D eigenvalue weighted by Gasteiger charge is -2.05. The lowest BCUT2D eigenvalue weighted by atomic mass is 10.1. The second kappa shape index (κ2) is 4.41. The largest absolute Gasteiger partial charge is 0.515 e. The fourth-order valence-electron chi connectivity index (χ4n) is 1.11. The Hall–Kier alpha value is -1.84. The second-order valence-electron chi connectivity index (χ2n) is 2.67. The van der Waals surface area contributed by atoms with Crippen molar-refractivity contribution < 1.29 is 14.6 Å². The number of nitrogens with zero attached hydrogens (tertiary/aromatic N) is 1. The molecule has 0 atom stereocenters. The van der Waals surface area contributed by atoms with Gasteiger partial charge in [-0.25, -0.2) is 4.79 Å². The first kappa shape index (κ1) is 10.2. The minimum atomic E-state index is -0.580. The molecule has 0 radical (unpaired) electrons. The van der Waals surface area contributed by atoms with E-state index in [1.807, 2.05) is 0 Å². The number of carbonyl (C=O) groups excluding carboxylic acids is 1. The Morgan fingerprint density at radius 1 is 1.64 bits per heavy atom. The number of hydrogen-bond donors (Lipinski definition) is 1. The molecule has 1 heterocycles. The molecule has 14 heavy (non-hydrogen) atoms. The van der Waals surface area contributed by atoms with E-state index in [0.717, 1.165) is 6.26 Å². The topological polar surface area (TPSA) is 59.4 Å². The van der Waals surface area contributed by atoms with Crippen molar-refractivity contribution in [3.8, 4) is 0 Å². The molecule has 1 aromatic heterocycles. The molecule has 4 heteroatoms. The van der Waals surface area contributed by atoms with Crippen LogP contribution in [-0.2, 0) is 9.53 Å². The van der Waals surface area contributed by atoms with E-state index in [2.05, 4.69) is 9.72 Å². The monoisotopic (exact) mass is 193 g/mol. The first-order valence-electron chi connectivity index (χ1n) is 4.05. The van der Waals surface area contributed by atoms with E-state index in [1.54, 1.807) is 25.3 Å². The minimum absolute atomic E-state index is 0.109. The summed E-state index contributed by atoms with van der Waals surface area (Å²) in [5.74, 6) is -0.580. The summed E-state index contributed by atoms with van der Waals surface area (Å²) in [6, 6.07) is 3.38. The molecule has 74 valence electrons. The number of esters is 1. The predicted octanol–water partition coefficient (Wildman–Crippen LogP) is 1.46. The van der Waals surface area contributed by atoms with Gasteiger partial charge in [-0.3, -0.25) is 4.98 Å². The summed E-state index contributed by atoms with van der Waals surface area (Å²) >= 11 is 0. The van der Waals surface area contributed by atoms with Gasteiger partial charge in [-0.2, -0.15) is 0 Å². The van der Waals surface area contributed by atoms with Gasteiger partial charge in [0.1, 0.15) is 5.57 Å². The summed E-state index contributed by atoms with van der Waals surface area (Å²) in [4.78, 5) is 15.2. The van der Waals surface area contributed by atoms with Gasteiger partial charge < -0.3 is 9.84 Å². The molecule has 0 aliphatic heterocycles. The molecule has 0 aromatic carbocycles. The molecular weight excluding hydrogens is 182 g/mol. The summed E-state index contributed by atoms with van der Waals surface area (Å²) in [6.45, 7) is 1.75. The maximum atomic E-state index is 11.2. The predicted molar refractivity (Wildman–Crippen MR) is 51.6 cm³/mol. The van der Waals surface area contributed by atoms with Gasteiger partial charge in [-0.05, 0) is 13.0 Å². The number of aliphatic hydroxyl groups excluding tert-OH is 1. The lowest BCUT2D eigenvalue weighted by Crippen LogP contribution is -2.05. The third-order valence-electron chi connectivity index (χ3n) is 1.83. The van der Waals surface area contributed by atoms with Crippen LogP contribution in [0, 0.1) is 6.92 Å².